The van der Waals surface area contributed by atoms with E-state index in [1.165, 1.54) is 12.8 Å². The van der Waals surface area contributed by atoms with Gasteiger partial charge in [-0.2, -0.15) is 9.61 Å². The molecule has 2 aromatic rings. The first-order valence-electron chi connectivity index (χ1n) is 8.18. The molecule has 2 aliphatic rings. The molecule has 0 unspecified atom stereocenters. The Morgan fingerprint density at radius 1 is 1.36 bits per heavy atom. The van der Waals surface area contributed by atoms with Gasteiger partial charge in [0.1, 0.15) is 10.8 Å². The Morgan fingerprint density at radius 2 is 2.18 bits per heavy atom. The van der Waals surface area contributed by atoms with E-state index in [4.69, 9.17) is 22.3 Å². The second kappa shape index (κ2) is 5.39. The number of fused-ring (bicyclic) bond motifs is 1. The lowest BCUT2D eigenvalue weighted by Gasteiger charge is -2.17. The largest absolute Gasteiger partial charge is 0.367 e. The maximum Gasteiger partial charge on any atom is 0.176 e. The van der Waals surface area contributed by atoms with E-state index in [-0.39, 0.29) is 0 Å². The van der Waals surface area contributed by atoms with Gasteiger partial charge in [0.15, 0.2) is 5.65 Å². The van der Waals surface area contributed by atoms with Crippen molar-refractivity contribution < 1.29 is 0 Å². The fraction of sp³-hybridized carbons (Fsp3) is 0.625. The fourth-order valence-electron chi connectivity index (χ4n) is 3.49. The molecule has 0 aromatic carbocycles. The molecule has 4 rings (SSSR count). The predicted molar refractivity (Wildman–Crippen MR) is 88.4 cm³/mol. The first-order valence-corrected chi connectivity index (χ1v) is 8.56. The lowest BCUT2D eigenvalue weighted by Crippen LogP contribution is -2.22. The molecule has 2 aromatic heterocycles. The summed E-state index contributed by atoms with van der Waals surface area (Å²) in [5.41, 5.74) is 7.89. The Morgan fingerprint density at radius 3 is 2.86 bits per heavy atom. The molecule has 0 saturated heterocycles. The van der Waals surface area contributed by atoms with Gasteiger partial charge in [-0.25, -0.2) is 4.98 Å². The predicted octanol–water partition coefficient (Wildman–Crippen LogP) is 3.19. The lowest BCUT2D eigenvalue weighted by atomic mass is 10.0. The van der Waals surface area contributed by atoms with Crippen LogP contribution in [-0.4, -0.2) is 26.7 Å². The van der Waals surface area contributed by atoms with Gasteiger partial charge in [0, 0.05) is 29.8 Å². The molecular weight excluding hydrogens is 298 g/mol. The van der Waals surface area contributed by atoms with E-state index in [9.17, 15) is 0 Å². The normalized spacial score (nSPS) is 26.5. The van der Waals surface area contributed by atoms with Crippen LogP contribution in [-0.2, 0) is 0 Å². The van der Waals surface area contributed by atoms with Crippen molar-refractivity contribution in [3.63, 3.8) is 0 Å². The number of nitrogens with zero attached hydrogens (tertiary/aromatic N) is 3. The van der Waals surface area contributed by atoms with E-state index in [2.05, 4.69) is 23.4 Å². The van der Waals surface area contributed by atoms with Crippen LogP contribution in [0, 0.1) is 5.92 Å². The van der Waals surface area contributed by atoms with Crippen LogP contribution >= 0.6 is 11.6 Å². The number of anilines is 1. The van der Waals surface area contributed by atoms with Gasteiger partial charge in [0.25, 0.3) is 0 Å². The summed E-state index contributed by atoms with van der Waals surface area (Å²) in [4.78, 5) is 4.75. The van der Waals surface area contributed by atoms with Crippen LogP contribution in [0.2, 0.25) is 5.02 Å². The third kappa shape index (κ3) is 2.57. The van der Waals surface area contributed by atoms with Gasteiger partial charge >= 0.3 is 0 Å². The monoisotopic (exact) mass is 319 g/mol. The zero-order valence-corrected chi connectivity index (χ0v) is 13.6. The number of hydrogen-bond acceptors (Lipinski definition) is 4. The molecule has 3 atom stereocenters. The lowest BCUT2D eigenvalue weighted by molar-refractivity contribution is 0.641. The third-order valence-corrected chi connectivity index (χ3v) is 5.34. The van der Waals surface area contributed by atoms with Crippen LogP contribution in [0.15, 0.2) is 12.3 Å². The average molecular weight is 320 g/mol. The Kier molecular flexibility index (Phi) is 3.50. The van der Waals surface area contributed by atoms with Gasteiger partial charge in [0.05, 0.1) is 6.20 Å². The maximum atomic E-state index is 6.26. The summed E-state index contributed by atoms with van der Waals surface area (Å²) in [6, 6.07) is 2.86. The van der Waals surface area contributed by atoms with Crippen molar-refractivity contribution in [2.45, 2.75) is 57.0 Å². The second-order valence-electron chi connectivity index (χ2n) is 6.83. The molecule has 5 nitrogen and oxygen atoms in total. The van der Waals surface area contributed by atoms with Crippen LogP contribution in [0.5, 0.6) is 0 Å². The van der Waals surface area contributed by atoms with E-state index in [0.717, 1.165) is 42.3 Å². The summed E-state index contributed by atoms with van der Waals surface area (Å²) in [7, 11) is 0. The number of rotatable bonds is 4. The van der Waals surface area contributed by atoms with Crippen LogP contribution in [0.4, 0.5) is 5.82 Å². The smallest absolute Gasteiger partial charge is 0.176 e. The van der Waals surface area contributed by atoms with Crippen molar-refractivity contribution in [1.29, 1.82) is 0 Å². The molecule has 0 amide bonds. The van der Waals surface area contributed by atoms with Gasteiger partial charge in [-0.05, 0) is 38.0 Å². The number of nitrogens with two attached hydrogens (primary N) is 1. The summed E-state index contributed by atoms with van der Waals surface area (Å²) in [5, 5.41) is 8.58. The van der Waals surface area contributed by atoms with E-state index >= 15 is 0 Å². The summed E-state index contributed by atoms with van der Waals surface area (Å²) in [5.74, 6) is 2.23. The quantitative estimate of drug-likeness (QED) is 0.908. The van der Waals surface area contributed by atoms with Crippen molar-refractivity contribution >= 4 is 23.1 Å². The zero-order valence-electron chi connectivity index (χ0n) is 12.8. The van der Waals surface area contributed by atoms with E-state index in [0.29, 0.717) is 23.0 Å². The number of nitrogens with one attached hydrogen (secondary N) is 1. The average Bonchev–Trinajstić information content (AvgIpc) is 3.18. The minimum absolute atomic E-state index is 0.306. The molecule has 3 N–H and O–H groups in total. The molecule has 22 heavy (non-hydrogen) atoms. The van der Waals surface area contributed by atoms with Gasteiger partial charge in [-0.3, -0.25) is 0 Å². The highest BCUT2D eigenvalue weighted by atomic mass is 35.5. The molecule has 0 aliphatic heterocycles. The minimum Gasteiger partial charge on any atom is -0.367 e. The Hall–Kier alpha value is -1.33. The second-order valence-corrected chi connectivity index (χ2v) is 7.24. The van der Waals surface area contributed by atoms with E-state index in [1.54, 1.807) is 6.20 Å². The first kappa shape index (κ1) is 14.3. The van der Waals surface area contributed by atoms with E-state index in [1.807, 2.05) is 4.52 Å². The van der Waals surface area contributed by atoms with Crippen LogP contribution < -0.4 is 11.1 Å². The number of hydrogen-bond donors (Lipinski definition) is 2. The molecule has 2 aliphatic carbocycles. The Balaban J connectivity index is 1.71. The SMILES string of the molecule is C[C@H](c1cc(N[C@H]2CC[C@H](N)C2)n2ncc(Cl)c2n1)C1CC1. The molecular formula is C16H22ClN5. The summed E-state index contributed by atoms with van der Waals surface area (Å²) >= 11 is 6.26. The highest BCUT2D eigenvalue weighted by Gasteiger charge is 2.31. The summed E-state index contributed by atoms with van der Waals surface area (Å²) in [6.07, 6.45) is 7.47. The van der Waals surface area contributed by atoms with Crippen molar-refractivity contribution in [3.8, 4) is 0 Å². The highest BCUT2D eigenvalue weighted by Crippen LogP contribution is 2.42. The summed E-state index contributed by atoms with van der Waals surface area (Å²) in [6.45, 7) is 2.26. The molecule has 6 heteroatoms. The van der Waals surface area contributed by atoms with Crippen molar-refractivity contribution in [2.75, 3.05) is 5.32 Å². The Bertz CT molecular complexity index is 693. The summed E-state index contributed by atoms with van der Waals surface area (Å²) < 4.78 is 1.81. The van der Waals surface area contributed by atoms with Crippen molar-refractivity contribution in [3.05, 3.63) is 23.0 Å². The van der Waals surface area contributed by atoms with Crippen molar-refractivity contribution in [2.24, 2.45) is 11.7 Å². The number of halogens is 1. The van der Waals surface area contributed by atoms with Gasteiger partial charge in [-0.15, -0.1) is 0 Å². The maximum absolute atomic E-state index is 6.26. The first-order chi connectivity index (χ1) is 10.6. The van der Waals surface area contributed by atoms with Crippen molar-refractivity contribution in [1.82, 2.24) is 14.6 Å². The molecule has 0 spiro atoms. The van der Waals surface area contributed by atoms with Gasteiger partial charge < -0.3 is 11.1 Å². The third-order valence-electron chi connectivity index (χ3n) is 5.07. The molecule has 118 valence electrons. The molecule has 0 bridgehead atoms. The van der Waals surface area contributed by atoms with Crippen LogP contribution in [0.3, 0.4) is 0 Å². The molecule has 2 saturated carbocycles. The molecule has 0 radical (unpaired) electrons. The molecule has 2 heterocycles. The Labute approximate surface area is 135 Å². The van der Waals surface area contributed by atoms with Crippen LogP contribution in [0.25, 0.3) is 5.65 Å². The molecule has 2 fully saturated rings. The van der Waals surface area contributed by atoms with Crippen LogP contribution in [0.1, 0.15) is 50.6 Å². The standard InChI is InChI=1S/C16H22ClN5/c1-9(10-2-3-10)14-7-15(20-12-5-4-11(18)6-12)22-16(21-14)13(17)8-19-22/h7-12,20H,2-6,18H2,1H3/t9-,11-,12-/m0/s1. The number of aromatic nitrogens is 3. The topological polar surface area (TPSA) is 68.2 Å². The highest BCUT2D eigenvalue weighted by molar-refractivity contribution is 6.33. The fourth-order valence-corrected chi connectivity index (χ4v) is 3.65. The van der Waals surface area contributed by atoms with Gasteiger partial charge in [0.2, 0.25) is 0 Å². The zero-order chi connectivity index (χ0) is 15.3. The van der Waals surface area contributed by atoms with Gasteiger partial charge in [-0.1, -0.05) is 18.5 Å². The minimum atomic E-state index is 0.306. The van der Waals surface area contributed by atoms with E-state index < -0.39 is 0 Å².